The van der Waals surface area contributed by atoms with Crippen molar-refractivity contribution in [3.05, 3.63) is 83.3 Å². The van der Waals surface area contributed by atoms with Crippen LogP contribution in [-0.4, -0.2) is 60.3 Å². The Morgan fingerprint density at radius 2 is 1.91 bits per heavy atom. The van der Waals surface area contributed by atoms with Crippen molar-refractivity contribution in [2.45, 2.75) is 43.1 Å². The average molecular weight is 647 g/mol. The van der Waals surface area contributed by atoms with E-state index < -0.39 is 54.7 Å². The largest absolute Gasteiger partial charge is 0.447 e. The lowest BCUT2D eigenvalue weighted by molar-refractivity contribution is -0.164. The second-order valence-corrected chi connectivity index (χ2v) is 11.0. The Kier molecular flexibility index (Phi) is 7.72. The molecule has 3 N–H and O–H groups in total. The molecule has 1 saturated carbocycles. The third-order valence-corrected chi connectivity index (χ3v) is 8.09. The van der Waals surface area contributed by atoms with Gasteiger partial charge in [-0.25, -0.2) is 28.2 Å². The summed E-state index contributed by atoms with van der Waals surface area (Å²) in [4.78, 5) is 35.3. The number of guanidine groups is 1. The highest BCUT2D eigenvalue weighted by molar-refractivity contribution is 7.03. The van der Waals surface area contributed by atoms with E-state index in [0.717, 1.165) is 27.2 Å². The van der Waals surface area contributed by atoms with Crippen molar-refractivity contribution in [1.82, 2.24) is 29.4 Å². The number of nitrogens with one attached hydrogen (secondary N) is 1. The number of alkyl carbamates (subject to hydrolysis) is 1. The number of carbonyl (C=O) groups is 2. The van der Waals surface area contributed by atoms with Gasteiger partial charge in [0.05, 0.1) is 17.4 Å². The fourth-order valence-corrected chi connectivity index (χ4v) is 5.53. The normalized spacial score (nSPS) is 18.2. The second-order valence-electron chi connectivity index (χ2n) is 10.3. The molecule has 0 saturated heterocycles. The van der Waals surface area contributed by atoms with Gasteiger partial charge in [-0.3, -0.25) is 9.69 Å². The van der Waals surface area contributed by atoms with Crippen molar-refractivity contribution in [2.75, 3.05) is 6.61 Å². The predicted molar refractivity (Wildman–Crippen MR) is 150 cm³/mol. The van der Waals surface area contributed by atoms with E-state index in [2.05, 4.69) is 19.4 Å². The number of aliphatic imine (C=N–C) groups is 1. The molecule has 1 aliphatic heterocycles. The Hall–Kier alpha value is -4.93. The number of aromatic nitrogens is 4. The third kappa shape index (κ3) is 5.82. The summed E-state index contributed by atoms with van der Waals surface area (Å²) in [7, 11) is 0. The minimum absolute atomic E-state index is 0.139. The number of nitrogens with two attached hydrogens (primary N) is 1. The minimum Gasteiger partial charge on any atom is -0.447 e. The molecular formula is C28H23F5N8O3S. The van der Waals surface area contributed by atoms with Gasteiger partial charge in [-0.1, -0.05) is 36.4 Å². The van der Waals surface area contributed by atoms with Crippen LogP contribution in [0.15, 0.2) is 71.3 Å². The molecule has 1 aliphatic carbocycles. The number of hydrogen-bond donors (Lipinski definition) is 2. The summed E-state index contributed by atoms with van der Waals surface area (Å²) in [6.07, 6.45) is -8.62. The van der Waals surface area contributed by atoms with Gasteiger partial charge in [-0.2, -0.15) is 22.6 Å². The van der Waals surface area contributed by atoms with E-state index >= 15 is 0 Å². The molecule has 0 spiro atoms. The monoisotopic (exact) mass is 646 g/mol. The van der Waals surface area contributed by atoms with Crippen LogP contribution in [0.3, 0.4) is 0 Å². The van der Waals surface area contributed by atoms with Gasteiger partial charge >= 0.3 is 12.3 Å². The van der Waals surface area contributed by atoms with Crippen molar-refractivity contribution < 1.29 is 36.3 Å². The van der Waals surface area contributed by atoms with E-state index in [0.29, 0.717) is 5.56 Å². The van der Waals surface area contributed by atoms with Crippen molar-refractivity contribution >= 4 is 29.5 Å². The number of halogens is 5. The summed E-state index contributed by atoms with van der Waals surface area (Å²) in [5.41, 5.74) is 6.31. The summed E-state index contributed by atoms with van der Waals surface area (Å²) in [5, 5.41) is 7.55. The van der Waals surface area contributed by atoms with E-state index in [-0.39, 0.29) is 30.1 Å². The molecule has 4 aromatic rings. The Labute approximate surface area is 255 Å². The SMILES string of the molecule is NC1=NC(c2ccc(-c3ccsn3)cc2)C(=O)N1C(COC(=O)NC1(C(F)(F)F)CC1)c1cccc(-n2ncnc2C(F)F)c1. The average Bonchev–Trinajstić information content (AvgIpc) is 3.34. The molecule has 1 fully saturated rings. The molecule has 6 rings (SSSR count). The van der Waals surface area contributed by atoms with Gasteiger partial charge in [-0.05, 0) is 53.7 Å². The summed E-state index contributed by atoms with van der Waals surface area (Å²) < 4.78 is 77.7. The second kappa shape index (κ2) is 11.5. The summed E-state index contributed by atoms with van der Waals surface area (Å²) in [6.45, 7) is -0.639. The molecule has 2 amide bonds. The van der Waals surface area contributed by atoms with Crippen LogP contribution >= 0.6 is 11.5 Å². The standard InChI is InChI=1S/C28H23F5N8O3S/c29-22(30)23-35-14-36-41(23)18-3-1-2-17(12-18)20(13-44-26(43)38-27(9-10-27)28(31,32)33)40-24(42)21(37-25(40)34)16-6-4-15(5-7-16)19-8-11-45-39-19/h1-8,11-12,14,20-22H,9-10,13H2,(H2,34,37)(H,38,43). The van der Waals surface area contributed by atoms with Crippen LogP contribution in [0.25, 0.3) is 16.9 Å². The maximum absolute atomic E-state index is 13.8. The summed E-state index contributed by atoms with van der Waals surface area (Å²) >= 11 is 1.29. The summed E-state index contributed by atoms with van der Waals surface area (Å²) in [5.74, 6) is -1.48. The van der Waals surface area contributed by atoms with Gasteiger partial charge in [0, 0.05) is 10.9 Å². The fourth-order valence-electron chi connectivity index (χ4n) is 4.99. The van der Waals surface area contributed by atoms with Crippen LogP contribution in [0.1, 0.15) is 48.3 Å². The Balaban J connectivity index is 1.29. The van der Waals surface area contributed by atoms with Gasteiger partial charge in [-0.15, -0.1) is 0 Å². The predicted octanol–water partition coefficient (Wildman–Crippen LogP) is 5.09. The first-order valence-electron chi connectivity index (χ1n) is 13.4. The summed E-state index contributed by atoms with van der Waals surface area (Å²) in [6, 6.07) is 12.4. The quantitative estimate of drug-likeness (QED) is 0.242. The van der Waals surface area contributed by atoms with Crippen molar-refractivity contribution in [3.63, 3.8) is 0 Å². The Bertz CT molecular complexity index is 1740. The Morgan fingerprint density at radius 3 is 2.56 bits per heavy atom. The highest BCUT2D eigenvalue weighted by Gasteiger charge is 2.64. The molecule has 3 heterocycles. The molecule has 2 aromatic carbocycles. The molecule has 11 nitrogen and oxygen atoms in total. The third-order valence-electron chi connectivity index (χ3n) is 7.53. The van der Waals surface area contributed by atoms with E-state index in [9.17, 15) is 31.5 Å². The van der Waals surface area contributed by atoms with Gasteiger partial charge in [0.25, 0.3) is 12.3 Å². The van der Waals surface area contributed by atoms with Gasteiger partial charge in [0.15, 0.2) is 17.8 Å². The molecule has 2 aromatic heterocycles. The van der Waals surface area contributed by atoms with Gasteiger partial charge in [0.1, 0.15) is 18.5 Å². The highest BCUT2D eigenvalue weighted by Crippen LogP contribution is 2.49. The number of hydrogen-bond acceptors (Lipinski definition) is 9. The highest BCUT2D eigenvalue weighted by atomic mass is 32.1. The van der Waals surface area contributed by atoms with Crippen LogP contribution in [0.5, 0.6) is 0 Å². The molecule has 45 heavy (non-hydrogen) atoms. The smallest absolute Gasteiger partial charge is 0.411 e. The van der Waals surface area contributed by atoms with Crippen LogP contribution in [0, 0.1) is 0 Å². The number of ether oxygens (including phenoxy) is 1. The van der Waals surface area contributed by atoms with Gasteiger partial charge in [0.2, 0.25) is 0 Å². The number of rotatable bonds is 9. The lowest BCUT2D eigenvalue weighted by Crippen LogP contribution is -2.49. The van der Waals surface area contributed by atoms with Crippen molar-refractivity contribution in [3.8, 4) is 16.9 Å². The molecule has 2 atom stereocenters. The molecule has 2 unspecified atom stereocenters. The lowest BCUT2D eigenvalue weighted by Gasteiger charge is -2.29. The zero-order chi connectivity index (χ0) is 31.9. The van der Waals surface area contributed by atoms with E-state index in [1.165, 1.54) is 35.8 Å². The van der Waals surface area contributed by atoms with Crippen LogP contribution < -0.4 is 11.1 Å². The van der Waals surface area contributed by atoms with Crippen LogP contribution in [-0.2, 0) is 9.53 Å². The van der Waals surface area contributed by atoms with E-state index in [1.807, 2.05) is 16.8 Å². The number of alkyl halides is 5. The maximum atomic E-state index is 13.8. The topological polar surface area (TPSA) is 141 Å². The van der Waals surface area contributed by atoms with Crippen molar-refractivity contribution in [2.24, 2.45) is 10.7 Å². The first-order valence-corrected chi connectivity index (χ1v) is 14.3. The molecule has 17 heteroatoms. The van der Waals surface area contributed by atoms with Crippen molar-refractivity contribution in [1.29, 1.82) is 0 Å². The van der Waals surface area contributed by atoms with Crippen LogP contribution in [0.2, 0.25) is 0 Å². The number of benzene rings is 2. The first-order chi connectivity index (χ1) is 21.5. The fraction of sp³-hybridized carbons (Fsp3) is 0.286. The zero-order valence-electron chi connectivity index (χ0n) is 23.0. The number of amides is 2. The van der Waals surface area contributed by atoms with E-state index in [4.69, 9.17) is 10.5 Å². The minimum atomic E-state index is -4.68. The molecule has 234 valence electrons. The van der Waals surface area contributed by atoms with Crippen LogP contribution in [0.4, 0.5) is 26.7 Å². The zero-order valence-corrected chi connectivity index (χ0v) is 23.8. The van der Waals surface area contributed by atoms with E-state index in [1.54, 1.807) is 24.3 Å². The first kappa shape index (κ1) is 30.1. The maximum Gasteiger partial charge on any atom is 0.411 e. The molecule has 0 radical (unpaired) electrons. The lowest BCUT2D eigenvalue weighted by atomic mass is 10.0. The molecule has 2 aliphatic rings. The molecule has 0 bridgehead atoms. The number of nitrogens with zero attached hydrogens (tertiary/aromatic N) is 6. The number of carbonyl (C=O) groups excluding carboxylic acids is 2. The molecular weight excluding hydrogens is 623 g/mol. The van der Waals surface area contributed by atoms with Gasteiger partial charge < -0.3 is 15.8 Å². The Morgan fingerprint density at radius 1 is 1.16 bits per heavy atom.